The number of carbonyl (C=O) groups is 2. The smallest absolute Gasteiger partial charge is 0.331 e. The normalized spacial score (nSPS) is 14.1. The van der Waals surface area contributed by atoms with Gasteiger partial charge in [0, 0.05) is 12.6 Å². The topological polar surface area (TPSA) is 73.9 Å². The van der Waals surface area contributed by atoms with E-state index >= 15 is 0 Å². The van der Waals surface area contributed by atoms with Crippen LogP contribution in [0, 0.1) is 0 Å². The molecule has 1 aliphatic rings. The predicted molar refractivity (Wildman–Crippen MR) is 85.2 cm³/mol. The number of benzene rings is 1. The van der Waals surface area contributed by atoms with Crippen LogP contribution in [0.15, 0.2) is 36.9 Å². The van der Waals surface area contributed by atoms with Gasteiger partial charge in [-0.3, -0.25) is 4.79 Å². The van der Waals surface area contributed by atoms with Crippen molar-refractivity contribution >= 4 is 18.0 Å². The Hall–Kier alpha value is -2.76. The molecule has 0 spiro atoms. The van der Waals surface area contributed by atoms with Crippen LogP contribution < -0.4 is 14.8 Å². The highest BCUT2D eigenvalue weighted by Gasteiger charge is 2.15. The largest absolute Gasteiger partial charge is 0.486 e. The zero-order valence-corrected chi connectivity index (χ0v) is 12.9. The quantitative estimate of drug-likeness (QED) is 0.491. The Morgan fingerprint density at radius 2 is 2.09 bits per heavy atom. The molecule has 0 saturated carbocycles. The van der Waals surface area contributed by atoms with Crippen molar-refractivity contribution in [2.45, 2.75) is 13.0 Å². The number of hydrogen-bond acceptors (Lipinski definition) is 5. The number of fused-ring (bicyclic) bond motifs is 1. The van der Waals surface area contributed by atoms with Gasteiger partial charge in [0.2, 0.25) is 0 Å². The van der Waals surface area contributed by atoms with E-state index in [-0.39, 0.29) is 5.91 Å². The van der Waals surface area contributed by atoms with E-state index in [4.69, 9.17) is 14.2 Å². The van der Waals surface area contributed by atoms with Gasteiger partial charge in [0.15, 0.2) is 17.6 Å². The summed E-state index contributed by atoms with van der Waals surface area (Å²) in [5, 5.41) is 2.56. The van der Waals surface area contributed by atoms with Crippen LogP contribution in [0.1, 0.15) is 12.5 Å². The highest BCUT2D eigenvalue weighted by molar-refractivity contribution is 5.90. The van der Waals surface area contributed by atoms with Crippen LogP contribution >= 0.6 is 0 Å². The SMILES string of the molecule is C=CCNC(=O)[C@@H](C)OC(=O)/C=C/c1ccc2c(c1)OCCO2. The summed E-state index contributed by atoms with van der Waals surface area (Å²) in [6, 6.07) is 5.36. The first-order chi connectivity index (χ1) is 11.1. The van der Waals surface area contributed by atoms with E-state index in [1.165, 1.54) is 13.0 Å². The fourth-order valence-corrected chi connectivity index (χ4v) is 1.91. The minimum atomic E-state index is -0.868. The van der Waals surface area contributed by atoms with Gasteiger partial charge < -0.3 is 19.5 Å². The van der Waals surface area contributed by atoms with Gasteiger partial charge >= 0.3 is 5.97 Å². The average Bonchev–Trinajstić information content (AvgIpc) is 2.57. The Morgan fingerprint density at radius 3 is 2.83 bits per heavy atom. The van der Waals surface area contributed by atoms with Crippen LogP contribution in [0.25, 0.3) is 6.08 Å². The molecule has 1 aromatic rings. The molecule has 1 amide bonds. The summed E-state index contributed by atoms with van der Waals surface area (Å²) >= 11 is 0. The van der Waals surface area contributed by atoms with Crippen molar-refractivity contribution in [2.24, 2.45) is 0 Å². The Balaban J connectivity index is 1.90. The number of carbonyl (C=O) groups excluding carboxylic acids is 2. The number of rotatable bonds is 6. The van der Waals surface area contributed by atoms with E-state index in [2.05, 4.69) is 11.9 Å². The Labute approximate surface area is 134 Å². The third-order valence-corrected chi connectivity index (χ3v) is 3.06. The second-order valence-corrected chi connectivity index (χ2v) is 4.85. The molecule has 2 rings (SSSR count). The van der Waals surface area contributed by atoms with E-state index in [0.29, 0.717) is 31.3 Å². The van der Waals surface area contributed by atoms with Gasteiger partial charge in [-0.1, -0.05) is 12.1 Å². The van der Waals surface area contributed by atoms with Crippen molar-refractivity contribution < 1.29 is 23.8 Å². The Bertz CT molecular complexity index is 623. The summed E-state index contributed by atoms with van der Waals surface area (Å²) in [6.45, 7) is 6.36. The summed E-state index contributed by atoms with van der Waals surface area (Å²) in [7, 11) is 0. The van der Waals surface area contributed by atoms with Gasteiger partial charge in [-0.2, -0.15) is 0 Å². The molecule has 0 aromatic heterocycles. The minimum Gasteiger partial charge on any atom is -0.486 e. The fourth-order valence-electron chi connectivity index (χ4n) is 1.91. The zero-order chi connectivity index (χ0) is 16.7. The molecule has 0 unspecified atom stereocenters. The summed E-state index contributed by atoms with van der Waals surface area (Å²) < 4.78 is 15.9. The van der Waals surface area contributed by atoms with Gasteiger partial charge in [0.1, 0.15) is 13.2 Å². The van der Waals surface area contributed by atoms with Gasteiger partial charge in [0.25, 0.3) is 5.91 Å². The maximum Gasteiger partial charge on any atom is 0.331 e. The van der Waals surface area contributed by atoms with Crippen molar-refractivity contribution in [1.82, 2.24) is 5.32 Å². The molecule has 1 heterocycles. The lowest BCUT2D eigenvalue weighted by Crippen LogP contribution is -2.35. The van der Waals surface area contributed by atoms with Crippen molar-refractivity contribution in [3.05, 3.63) is 42.5 Å². The summed E-state index contributed by atoms with van der Waals surface area (Å²) in [5.74, 6) is 0.361. The van der Waals surface area contributed by atoms with Gasteiger partial charge in [0.05, 0.1) is 0 Å². The molecule has 23 heavy (non-hydrogen) atoms. The maximum atomic E-state index is 11.7. The molecule has 1 N–H and O–H groups in total. The first kappa shape index (κ1) is 16.6. The highest BCUT2D eigenvalue weighted by atomic mass is 16.6. The highest BCUT2D eigenvalue weighted by Crippen LogP contribution is 2.31. The molecule has 0 fully saturated rings. The summed E-state index contributed by atoms with van der Waals surface area (Å²) in [4.78, 5) is 23.3. The van der Waals surface area contributed by atoms with Crippen molar-refractivity contribution in [2.75, 3.05) is 19.8 Å². The minimum absolute atomic E-state index is 0.327. The number of amides is 1. The molecule has 1 aromatic carbocycles. The molecular formula is C17H19NO5. The number of hydrogen-bond donors (Lipinski definition) is 1. The molecule has 0 radical (unpaired) electrons. The average molecular weight is 317 g/mol. The third kappa shape index (κ3) is 4.88. The lowest BCUT2D eigenvalue weighted by Gasteiger charge is -2.18. The molecule has 6 heteroatoms. The van der Waals surface area contributed by atoms with Gasteiger partial charge in [-0.25, -0.2) is 4.79 Å². The Kier molecular flexibility index (Phi) is 5.80. The first-order valence-electron chi connectivity index (χ1n) is 7.27. The lowest BCUT2D eigenvalue weighted by molar-refractivity contribution is -0.150. The molecule has 0 aliphatic carbocycles. The second-order valence-electron chi connectivity index (χ2n) is 4.85. The van der Waals surface area contributed by atoms with E-state index in [1.54, 1.807) is 30.4 Å². The second kappa shape index (κ2) is 8.03. The molecular weight excluding hydrogens is 298 g/mol. The zero-order valence-electron chi connectivity index (χ0n) is 12.9. The third-order valence-electron chi connectivity index (χ3n) is 3.06. The fraction of sp³-hybridized carbons (Fsp3) is 0.294. The maximum absolute atomic E-state index is 11.7. The Morgan fingerprint density at radius 1 is 1.35 bits per heavy atom. The monoisotopic (exact) mass is 317 g/mol. The van der Waals surface area contributed by atoms with E-state index < -0.39 is 12.1 Å². The molecule has 1 aliphatic heterocycles. The standard InChI is InChI=1S/C17H19NO5/c1-3-8-18-17(20)12(2)23-16(19)7-5-13-4-6-14-15(11-13)22-10-9-21-14/h3-7,11-12H,1,8-10H2,2H3,(H,18,20)/b7-5+/t12-/m1/s1. The van der Waals surface area contributed by atoms with Crippen LogP contribution in [0.3, 0.4) is 0 Å². The molecule has 6 nitrogen and oxygen atoms in total. The van der Waals surface area contributed by atoms with Crippen molar-refractivity contribution in [1.29, 1.82) is 0 Å². The summed E-state index contributed by atoms with van der Waals surface area (Å²) in [6.07, 6.45) is 3.54. The molecule has 0 saturated heterocycles. The number of nitrogens with one attached hydrogen (secondary N) is 1. The first-order valence-corrected chi connectivity index (χ1v) is 7.27. The van der Waals surface area contributed by atoms with Crippen LogP contribution in [0.4, 0.5) is 0 Å². The van der Waals surface area contributed by atoms with Crippen LogP contribution in [-0.4, -0.2) is 37.7 Å². The predicted octanol–water partition coefficient (Wildman–Crippen LogP) is 1.70. The van der Waals surface area contributed by atoms with Gasteiger partial charge in [-0.05, 0) is 30.7 Å². The van der Waals surface area contributed by atoms with E-state index in [1.807, 2.05) is 0 Å². The molecule has 0 bridgehead atoms. The molecule has 1 atom stereocenters. The lowest BCUT2D eigenvalue weighted by atomic mass is 10.2. The van der Waals surface area contributed by atoms with E-state index in [9.17, 15) is 9.59 Å². The van der Waals surface area contributed by atoms with Crippen LogP contribution in [0.2, 0.25) is 0 Å². The summed E-state index contributed by atoms with van der Waals surface area (Å²) in [5.41, 5.74) is 0.773. The van der Waals surface area contributed by atoms with E-state index in [0.717, 1.165) is 5.56 Å². The van der Waals surface area contributed by atoms with Crippen LogP contribution in [-0.2, 0) is 14.3 Å². The van der Waals surface area contributed by atoms with Gasteiger partial charge in [-0.15, -0.1) is 6.58 Å². The van der Waals surface area contributed by atoms with Crippen molar-refractivity contribution in [3.63, 3.8) is 0 Å². The molecule has 122 valence electrons. The number of ether oxygens (including phenoxy) is 3. The number of esters is 1. The van der Waals surface area contributed by atoms with Crippen LogP contribution in [0.5, 0.6) is 11.5 Å². The van der Waals surface area contributed by atoms with Crippen molar-refractivity contribution in [3.8, 4) is 11.5 Å².